The highest BCUT2D eigenvalue weighted by atomic mass is 79.9. The summed E-state index contributed by atoms with van der Waals surface area (Å²) in [5.41, 5.74) is 0.830. The molecule has 2 atom stereocenters. The zero-order valence-electron chi connectivity index (χ0n) is 10.9. The van der Waals surface area contributed by atoms with Crippen LogP contribution in [0.2, 0.25) is 0 Å². The molecule has 0 radical (unpaired) electrons. The van der Waals surface area contributed by atoms with Crippen LogP contribution in [0.5, 0.6) is 0 Å². The highest BCUT2D eigenvalue weighted by Crippen LogP contribution is 2.27. The number of rotatable bonds is 2. The fourth-order valence-corrected chi connectivity index (χ4v) is 4.37. The SMILES string of the molecule is O=C(c1csc(Br)c1)N1CCCC(C2CCCN2)C1. The molecule has 1 N–H and O–H groups in total. The molecule has 3 rings (SSSR count). The van der Waals surface area contributed by atoms with E-state index in [4.69, 9.17) is 0 Å². The molecule has 1 amide bonds. The zero-order valence-corrected chi connectivity index (χ0v) is 13.3. The van der Waals surface area contributed by atoms with E-state index >= 15 is 0 Å². The van der Waals surface area contributed by atoms with Crippen LogP contribution in [-0.4, -0.2) is 36.5 Å². The molecule has 5 heteroatoms. The molecule has 0 aromatic carbocycles. The molecule has 0 bridgehead atoms. The zero-order chi connectivity index (χ0) is 13.2. The minimum absolute atomic E-state index is 0.199. The van der Waals surface area contributed by atoms with Crippen LogP contribution in [0.15, 0.2) is 15.2 Å². The number of carbonyl (C=O) groups excluding carboxylic acids is 1. The maximum atomic E-state index is 12.5. The first-order valence-corrected chi connectivity index (χ1v) is 8.68. The van der Waals surface area contributed by atoms with Gasteiger partial charge in [0.15, 0.2) is 0 Å². The Morgan fingerprint density at radius 1 is 1.42 bits per heavy atom. The predicted molar refractivity (Wildman–Crippen MR) is 81.7 cm³/mol. The van der Waals surface area contributed by atoms with Crippen LogP contribution >= 0.6 is 27.3 Å². The van der Waals surface area contributed by atoms with Gasteiger partial charge in [-0.3, -0.25) is 4.79 Å². The average Bonchev–Trinajstić information content (AvgIpc) is 3.09. The molecule has 19 heavy (non-hydrogen) atoms. The molecule has 3 nitrogen and oxygen atoms in total. The van der Waals surface area contributed by atoms with E-state index < -0.39 is 0 Å². The largest absolute Gasteiger partial charge is 0.338 e. The van der Waals surface area contributed by atoms with Crippen molar-refractivity contribution in [2.45, 2.75) is 31.7 Å². The summed E-state index contributed by atoms with van der Waals surface area (Å²) in [5, 5.41) is 5.53. The fourth-order valence-electron chi connectivity index (χ4n) is 3.24. The quantitative estimate of drug-likeness (QED) is 0.895. The molecule has 104 valence electrons. The molecular weight excluding hydrogens is 324 g/mol. The Balaban J connectivity index is 1.65. The molecule has 3 heterocycles. The molecule has 2 fully saturated rings. The van der Waals surface area contributed by atoms with Crippen molar-refractivity contribution in [3.05, 3.63) is 20.8 Å². The van der Waals surface area contributed by atoms with Crippen molar-refractivity contribution in [1.82, 2.24) is 10.2 Å². The maximum absolute atomic E-state index is 12.5. The monoisotopic (exact) mass is 342 g/mol. The lowest BCUT2D eigenvalue weighted by atomic mass is 9.89. The van der Waals surface area contributed by atoms with Crippen LogP contribution in [0, 0.1) is 5.92 Å². The summed E-state index contributed by atoms with van der Waals surface area (Å²) in [6, 6.07) is 2.56. The van der Waals surface area contributed by atoms with E-state index in [-0.39, 0.29) is 5.91 Å². The molecule has 1 aromatic rings. The molecule has 0 aliphatic carbocycles. The van der Waals surface area contributed by atoms with Gasteiger partial charge in [-0.1, -0.05) is 0 Å². The number of carbonyl (C=O) groups is 1. The molecular formula is C14H19BrN2OS. The van der Waals surface area contributed by atoms with E-state index in [0.717, 1.165) is 35.4 Å². The molecule has 0 saturated carbocycles. The summed E-state index contributed by atoms with van der Waals surface area (Å²) in [6.07, 6.45) is 4.96. The lowest BCUT2D eigenvalue weighted by Crippen LogP contribution is -2.45. The lowest BCUT2D eigenvalue weighted by Gasteiger charge is -2.35. The van der Waals surface area contributed by atoms with Gasteiger partial charge in [-0.25, -0.2) is 0 Å². The summed E-state index contributed by atoms with van der Waals surface area (Å²) in [6.45, 7) is 2.98. The Morgan fingerprint density at radius 3 is 3.00 bits per heavy atom. The summed E-state index contributed by atoms with van der Waals surface area (Å²) in [4.78, 5) is 14.5. The third kappa shape index (κ3) is 3.03. The number of likely N-dealkylation sites (tertiary alicyclic amines) is 1. The van der Waals surface area contributed by atoms with Gasteiger partial charge in [0.05, 0.1) is 9.35 Å². The molecule has 2 unspecified atom stereocenters. The number of piperidine rings is 1. The van der Waals surface area contributed by atoms with Gasteiger partial charge in [0.25, 0.3) is 5.91 Å². The van der Waals surface area contributed by atoms with Crippen LogP contribution in [0.25, 0.3) is 0 Å². The summed E-state index contributed by atoms with van der Waals surface area (Å²) >= 11 is 5.01. The molecule has 2 aliphatic heterocycles. The van der Waals surface area contributed by atoms with Crippen molar-refractivity contribution in [2.24, 2.45) is 5.92 Å². The number of hydrogen-bond acceptors (Lipinski definition) is 3. The minimum Gasteiger partial charge on any atom is -0.338 e. The first-order chi connectivity index (χ1) is 9.24. The van der Waals surface area contributed by atoms with Gasteiger partial charge < -0.3 is 10.2 Å². The van der Waals surface area contributed by atoms with Gasteiger partial charge in [-0.05, 0) is 60.1 Å². The minimum atomic E-state index is 0.199. The summed E-state index contributed by atoms with van der Waals surface area (Å²) in [5.74, 6) is 0.840. The van der Waals surface area contributed by atoms with Crippen molar-refractivity contribution < 1.29 is 4.79 Å². The third-order valence-corrected chi connectivity index (χ3v) is 5.73. The van der Waals surface area contributed by atoms with Gasteiger partial charge in [0, 0.05) is 24.5 Å². The highest BCUT2D eigenvalue weighted by molar-refractivity contribution is 9.11. The first-order valence-electron chi connectivity index (χ1n) is 7.01. The van der Waals surface area contributed by atoms with E-state index in [2.05, 4.69) is 21.2 Å². The second-order valence-electron chi connectivity index (χ2n) is 5.50. The number of nitrogens with zero attached hydrogens (tertiary/aromatic N) is 1. The van der Waals surface area contributed by atoms with Crippen molar-refractivity contribution in [3.63, 3.8) is 0 Å². The number of halogens is 1. The smallest absolute Gasteiger partial charge is 0.254 e. The topological polar surface area (TPSA) is 32.3 Å². The second kappa shape index (κ2) is 5.94. The van der Waals surface area contributed by atoms with Crippen molar-refractivity contribution in [2.75, 3.05) is 19.6 Å². The lowest BCUT2D eigenvalue weighted by molar-refractivity contribution is 0.0651. The second-order valence-corrected chi connectivity index (χ2v) is 7.79. The summed E-state index contributed by atoms with van der Waals surface area (Å²) < 4.78 is 1.03. The molecule has 2 aliphatic rings. The maximum Gasteiger partial charge on any atom is 0.254 e. The van der Waals surface area contributed by atoms with Crippen LogP contribution in [-0.2, 0) is 0 Å². The normalized spacial score (nSPS) is 27.7. The van der Waals surface area contributed by atoms with Crippen LogP contribution < -0.4 is 5.32 Å². The van der Waals surface area contributed by atoms with Crippen LogP contribution in [0.1, 0.15) is 36.0 Å². The Hall–Kier alpha value is -0.390. The fraction of sp³-hybridized carbons (Fsp3) is 0.643. The van der Waals surface area contributed by atoms with Crippen LogP contribution in [0.3, 0.4) is 0 Å². The van der Waals surface area contributed by atoms with Gasteiger partial charge in [0.2, 0.25) is 0 Å². The highest BCUT2D eigenvalue weighted by Gasteiger charge is 2.31. The average molecular weight is 343 g/mol. The van der Waals surface area contributed by atoms with Crippen molar-refractivity contribution >= 4 is 33.2 Å². The number of nitrogens with one attached hydrogen (secondary N) is 1. The van der Waals surface area contributed by atoms with Gasteiger partial charge in [0.1, 0.15) is 0 Å². The Labute approximate surface area is 126 Å². The van der Waals surface area contributed by atoms with E-state index in [0.29, 0.717) is 12.0 Å². The molecule has 0 spiro atoms. The predicted octanol–water partition coefficient (Wildman–Crippen LogP) is 3.11. The van der Waals surface area contributed by atoms with E-state index in [1.807, 2.05) is 16.3 Å². The summed E-state index contributed by atoms with van der Waals surface area (Å²) in [7, 11) is 0. The molecule has 2 saturated heterocycles. The van der Waals surface area contributed by atoms with E-state index in [9.17, 15) is 4.79 Å². The van der Waals surface area contributed by atoms with Crippen molar-refractivity contribution in [1.29, 1.82) is 0 Å². The Morgan fingerprint density at radius 2 is 2.32 bits per heavy atom. The Kier molecular flexibility index (Phi) is 4.24. The van der Waals surface area contributed by atoms with Gasteiger partial charge in [-0.15, -0.1) is 11.3 Å². The molecule has 1 aromatic heterocycles. The van der Waals surface area contributed by atoms with Crippen LogP contribution in [0.4, 0.5) is 0 Å². The number of thiophene rings is 1. The Bertz CT molecular complexity index is 456. The van der Waals surface area contributed by atoms with Gasteiger partial charge >= 0.3 is 0 Å². The third-order valence-electron chi connectivity index (χ3n) is 4.23. The van der Waals surface area contributed by atoms with Gasteiger partial charge in [-0.2, -0.15) is 0 Å². The van der Waals surface area contributed by atoms with Crippen molar-refractivity contribution in [3.8, 4) is 0 Å². The number of hydrogen-bond donors (Lipinski definition) is 1. The van der Waals surface area contributed by atoms with E-state index in [1.165, 1.54) is 19.3 Å². The van der Waals surface area contributed by atoms with E-state index in [1.54, 1.807) is 11.3 Å². The number of amides is 1. The standard InChI is InChI=1S/C14H19BrN2OS/c15-13-7-11(9-19-13)14(18)17-6-2-3-10(8-17)12-4-1-5-16-12/h7,9-10,12,16H,1-6,8H2. The first kappa shape index (κ1) is 13.6.